The fraction of sp³-hybridized carbons (Fsp3) is 0.0727. The van der Waals surface area contributed by atoms with E-state index in [0.29, 0.717) is 5.89 Å². The van der Waals surface area contributed by atoms with Crippen LogP contribution in [-0.4, -0.2) is 4.98 Å². The maximum Gasteiger partial charge on any atom is 0.227 e. The normalized spacial score (nSPS) is 13.4. The molecule has 1 aromatic heterocycles. The van der Waals surface area contributed by atoms with E-state index in [2.05, 4.69) is 164 Å². The largest absolute Gasteiger partial charge is 0.436 e. The predicted molar refractivity (Wildman–Crippen MR) is 240 cm³/mol. The minimum absolute atomic E-state index is 0.0952. The molecule has 0 amide bonds. The van der Waals surface area contributed by atoms with Crippen LogP contribution in [0.3, 0.4) is 0 Å². The summed E-state index contributed by atoms with van der Waals surface area (Å²) >= 11 is 0. The molecule has 9 aromatic carbocycles. The van der Waals surface area contributed by atoms with Gasteiger partial charge < -0.3 is 9.32 Å². The second-order valence-electron chi connectivity index (χ2n) is 16.4. The molecule has 1 heterocycles. The van der Waals surface area contributed by atoms with E-state index in [1.54, 1.807) is 0 Å². The van der Waals surface area contributed by atoms with Gasteiger partial charge in [0.15, 0.2) is 5.58 Å². The lowest BCUT2D eigenvalue weighted by Crippen LogP contribution is -2.16. The van der Waals surface area contributed by atoms with E-state index < -0.39 is 0 Å². The van der Waals surface area contributed by atoms with Crippen LogP contribution in [0.5, 0.6) is 0 Å². The lowest BCUT2D eigenvalue weighted by molar-refractivity contribution is 0.620. The summed E-state index contributed by atoms with van der Waals surface area (Å²) in [7, 11) is 0. The third kappa shape index (κ3) is 4.96. The van der Waals surface area contributed by atoms with Crippen molar-refractivity contribution in [1.82, 2.24) is 4.98 Å². The first-order valence-electron chi connectivity index (χ1n) is 20.2. The first-order valence-corrected chi connectivity index (χ1v) is 20.2. The van der Waals surface area contributed by atoms with Crippen molar-refractivity contribution >= 4 is 49.7 Å². The Kier molecular flexibility index (Phi) is 7.04. The summed E-state index contributed by atoms with van der Waals surface area (Å²) in [6.07, 6.45) is 0.951. The predicted octanol–water partition coefficient (Wildman–Crippen LogP) is 14.8. The maximum absolute atomic E-state index is 6.27. The smallest absolute Gasteiger partial charge is 0.227 e. The van der Waals surface area contributed by atoms with Crippen LogP contribution >= 0.6 is 0 Å². The zero-order valence-corrected chi connectivity index (χ0v) is 32.3. The fourth-order valence-corrected chi connectivity index (χ4v) is 9.78. The van der Waals surface area contributed by atoms with Crippen LogP contribution in [-0.2, 0) is 11.8 Å². The second-order valence-corrected chi connectivity index (χ2v) is 16.4. The Morgan fingerprint density at radius 2 is 1.14 bits per heavy atom. The molecule has 10 aromatic rings. The van der Waals surface area contributed by atoms with Crippen LogP contribution in [0.4, 0.5) is 17.1 Å². The van der Waals surface area contributed by atoms with Crippen molar-refractivity contribution in [2.45, 2.75) is 25.7 Å². The standard InChI is InChI=1S/C55H38N2O/c1-55(2)49-15-9-8-14-47(49)48-28-25-43(33-50(48)55)57(42-24-27-45-40(32-42)31-38-12-6-7-13-44(38)45)41-22-18-34(19-23-41)37-20-26-46-39(30-37)17-16-35-21-29-51-53(52(35)46)56-54(58-51)36-10-4-3-5-11-36/h3-30,32-33H,31H2,1-2H3. The number of hydrogen-bond acceptors (Lipinski definition) is 3. The van der Waals surface area contributed by atoms with Crippen LogP contribution in [0, 0.1) is 0 Å². The van der Waals surface area contributed by atoms with Crippen molar-refractivity contribution in [3.8, 4) is 44.8 Å². The van der Waals surface area contributed by atoms with Crippen LogP contribution in [0.2, 0.25) is 0 Å². The first kappa shape index (κ1) is 33.0. The van der Waals surface area contributed by atoms with Gasteiger partial charge in [-0.2, -0.15) is 0 Å². The molecule has 0 saturated carbocycles. The maximum atomic E-state index is 6.27. The van der Waals surface area contributed by atoms with Gasteiger partial charge in [-0.1, -0.05) is 135 Å². The molecule has 0 aliphatic heterocycles. The molecule has 3 nitrogen and oxygen atoms in total. The van der Waals surface area contributed by atoms with Crippen molar-refractivity contribution in [3.05, 3.63) is 204 Å². The molecule has 0 unspecified atom stereocenters. The molecule has 274 valence electrons. The Balaban J connectivity index is 0.947. The summed E-state index contributed by atoms with van der Waals surface area (Å²) in [5, 5.41) is 4.62. The van der Waals surface area contributed by atoms with Gasteiger partial charge in [-0.25, -0.2) is 4.98 Å². The van der Waals surface area contributed by atoms with Gasteiger partial charge in [0, 0.05) is 33.4 Å². The van der Waals surface area contributed by atoms with Gasteiger partial charge in [0.1, 0.15) is 5.52 Å². The highest BCUT2D eigenvalue weighted by molar-refractivity contribution is 6.18. The zero-order chi connectivity index (χ0) is 38.5. The monoisotopic (exact) mass is 742 g/mol. The molecule has 3 heteroatoms. The molecule has 0 N–H and O–H groups in total. The Bertz CT molecular complexity index is 3280. The molecule has 0 spiro atoms. The van der Waals surface area contributed by atoms with Gasteiger partial charge in [0.2, 0.25) is 5.89 Å². The number of aromatic nitrogens is 1. The van der Waals surface area contributed by atoms with E-state index in [9.17, 15) is 0 Å². The summed E-state index contributed by atoms with van der Waals surface area (Å²) in [5.41, 5.74) is 19.3. The summed E-state index contributed by atoms with van der Waals surface area (Å²) < 4.78 is 6.27. The molecule has 58 heavy (non-hydrogen) atoms. The Labute approximate surface area is 337 Å². The van der Waals surface area contributed by atoms with E-state index in [1.807, 2.05) is 36.4 Å². The Morgan fingerprint density at radius 1 is 0.483 bits per heavy atom. The number of rotatable bonds is 5. The summed E-state index contributed by atoms with van der Waals surface area (Å²) in [6, 6.07) is 66.4. The molecule has 0 radical (unpaired) electrons. The minimum atomic E-state index is -0.0952. The van der Waals surface area contributed by atoms with Crippen molar-refractivity contribution in [1.29, 1.82) is 0 Å². The number of benzene rings is 9. The highest BCUT2D eigenvalue weighted by atomic mass is 16.3. The molecular formula is C55H38N2O. The molecule has 12 rings (SSSR count). The van der Waals surface area contributed by atoms with Crippen LogP contribution in [0.25, 0.3) is 77.5 Å². The van der Waals surface area contributed by atoms with E-state index in [-0.39, 0.29) is 5.41 Å². The lowest BCUT2D eigenvalue weighted by atomic mass is 9.82. The Hall–Kier alpha value is -7.23. The summed E-state index contributed by atoms with van der Waals surface area (Å²) in [4.78, 5) is 7.45. The molecule has 2 aliphatic carbocycles. The van der Waals surface area contributed by atoms with E-state index in [0.717, 1.165) is 45.2 Å². The minimum Gasteiger partial charge on any atom is -0.436 e. The second kappa shape index (κ2) is 12.4. The van der Waals surface area contributed by atoms with Crippen molar-refractivity contribution < 1.29 is 4.42 Å². The molecule has 2 aliphatic rings. The first-order chi connectivity index (χ1) is 28.5. The summed E-state index contributed by atoms with van der Waals surface area (Å²) in [6.45, 7) is 4.71. The number of fused-ring (bicyclic) bond motifs is 11. The topological polar surface area (TPSA) is 29.3 Å². The highest BCUT2D eigenvalue weighted by Crippen LogP contribution is 2.51. The van der Waals surface area contributed by atoms with E-state index >= 15 is 0 Å². The van der Waals surface area contributed by atoms with Crippen LogP contribution < -0.4 is 4.90 Å². The average molecular weight is 743 g/mol. The zero-order valence-electron chi connectivity index (χ0n) is 32.3. The molecular weight excluding hydrogens is 705 g/mol. The van der Waals surface area contributed by atoms with Gasteiger partial charge >= 0.3 is 0 Å². The SMILES string of the molecule is CC1(C)c2ccccc2-c2ccc(N(c3ccc(-c4ccc5c(ccc6ccc7oc(-c8ccccc8)nc7c65)c4)cc3)c3ccc4c(c3)Cc3ccccc3-4)cc21. The lowest BCUT2D eigenvalue weighted by Gasteiger charge is -2.28. The number of hydrogen-bond donors (Lipinski definition) is 0. The van der Waals surface area contributed by atoms with Crippen molar-refractivity contribution in [2.75, 3.05) is 4.90 Å². The number of oxazole rings is 1. The third-order valence-electron chi connectivity index (χ3n) is 12.7. The quantitative estimate of drug-likeness (QED) is 0.164. The fourth-order valence-electron chi connectivity index (χ4n) is 9.78. The van der Waals surface area contributed by atoms with Crippen LogP contribution in [0.15, 0.2) is 186 Å². The third-order valence-corrected chi connectivity index (χ3v) is 12.7. The van der Waals surface area contributed by atoms with Gasteiger partial charge in [-0.15, -0.1) is 0 Å². The van der Waals surface area contributed by atoms with Gasteiger partial charge in [-0.05, 0) is 139 Å². The molecule has 0 fully saturated rings. The van der Waals surface area contributed by atoms with Crippen molar-refractivity contribution in [2.24, 2.45) is 0 Å². The summed E-state index contributed by atoms with van der Waals surface area (Å²) in [5.74, 6) is 0.643. The highest BCUT2D eigenvalue weighted by Gasteiger charge is 2.36. The number of anilines is 3. The molecule has 0 saturated heterocycles. The number of nitrogens with zero attached hydrogens (tertiary/aromatic N) is 2. The van der Waals surface area contributed by atoms with E-state index in [1.165, 1.54) is 72.1 Å². The van der Waals surface area contributed by atoms with Gasteiger partial charge in [0.05, 0.1) is 0 Å². The Morgan fingerprint density at radius 3 is 2.00 bits per heavy atom. The molecule has 0 bridgehead atoms. The molecule has 0 atom stereocenters. The van der Waals surface area contributed by atoms with Gasteiger partial charge in [0.25, 0.3) is 0 Å². The van der Waals surface area contributed by atoms with Crippen molar-refractivity contribution in [3.63, 3.8) is 0 Å². The average Bonchev–Trinajstić information content (AvgIpc) is 3.94. The van der Waals surface area contributed by atoms with Crippen LogP contribution in [0.1, 0.15) is 36.1 Å². The van der Waals surface area contributed by atoms with E-state index in [4.69, 9.17) is 9.40 Å². The van der Waals surface area contributed by atoms with Gasteiger partial charge in [-0.3, -0.25) is 0 Å².